The number of benzene rings is 5. The Labute approximate surface area is 374 Å². The van der Waals surface area contributed by atoms with Crippen LogP contribution in [0.15, 0.2) is 131 Å². The van der Waals surface area contributed by atoms with Gasteiger partial charge in [0, 0.05) is 58.8 Å². The van der Waals surface area contributed by atoms with Crippen LogP contribution in [0.25, 0.3) is 21.5 Å². The van der Waals surface area contributed by atoms with Crippen molar-refractivity contribution in [3.8, 4) is 0 Å². The lowest BCUT2D eigenvalue weighted by atomic mass is 10.0. The molecule has 2 fully saturated rings. The van der Waals surface area contributed by atoms with Crippen molar-refractivity contribution >= 4 is 56.6 Å². The Morgan fingerprint density at radius 2 is 1.05 bits per heavy atom. The summed E-state index contributed by atoms with van der Waals surface area (Å²) >= 11 is 12.0. The van der Waals surface area contributed by atoms with E-state index in [2.05, 4.69) is 10.2 Å². The van der Waals surface area contributed by atoms with Crippen molar-refractivity contribution in [2.45, 2.75) is 63.7 Å². The minimum absolute atomic E-state index is 0.0100. The lowest BCUT2D eigenvalue weighted by Gasteiger charge is -2.26. The molecule has 1 N–H and O–H groups in total. The summed E-state index contributed by atoms with van der Waals surface area (Å²) in [7, 11) is 0. The Hall–Kier alpha value is -5.98. The van der Waals surface area contributed by atoms with E-state index in [9.17, 15) is 19.2 Å². The molecule has 320 valence electrons. The zero-order valence-electron chi connectivity index (χ0n) is 34.8. The molecule has 0 saturated carbocycles. The summed E-state index contributed by atoms with van der Waals surface area (Å²) in [4.78, 5) is 55.4. The number of carbonyl (C=O) groups is 2. The molecule has 0 aliphatic carbocycles. The molecule has 7 aromatic rings. The minimum Gasteiger partial charge on any atom is -0.312 e. The van der Waals surface area contributed by atoms with Crippen LogP contribution >= 0.6 is 23.2 Å². The number of hydrogen-bond acceptors (Lipinski definition) is 8. The van der Waals surface area contributed by atoms with Crippen molar-refractivity contribution in [2.24, 2.45) is 0 Å². The molecule has 11 nitrogen and oxygen atoms in total. The molecule has 5 heterocycles. The molecule has 2 aromatic heterocycles. The number of hydrogen-bond donors (Lipinski definition) is 1. The van der Waals surface area contributed by atoms with Crippen LogP contribution in [0.4, 0.5) is 0 Å². The number of carbonyl (C=O) groups excluding carboxylic acids is 2. The van der Waals surface area contributed by atoms with Crippen LogP contribution in [0.3, 0.4) is 0 Å². The molecule has 0 spiro atoms. The molecule has 0 unspecified atom stereocenters. The summed E-state index contributed by atoms with van der Waals surface area (Å²) in [6.07, 6.45) is 5.43. The summed E-state index contributed by atoms with van der Waals surface area (Å²) in [5.74, 6) is -0.471. The summed E-state index contributed by atoms with van der Waals surface area (Å²) in [5.41, 5.74) is 4.79. The standard InChI is InChI=1S/C30H27ClN4O3.C20H20ClN3O/c31-21-13-11-20(12-14-21)18-27-23-7-1-2-8-24(23)30(38)35(32-27)19-22-6-5-15-33(22)16-17-34-28(36)25-9-3-4-10-26(25)29(34)37;21-15-9-7-14(8-10-15)12-19-17-5-1-2-6-18(17)20(25)24(23-19)13-16-4-3-11-22-16/h1-4,7-14,22H,5-6,15-19H2;1-2,5-10,16,22H,3-4,11-13H2/t22-;16-/m11/s1. The van der Waals surface area contributed by atoms with Gasteiger partial charge in [0.15, 0.2) is 0 Å². The Kier molecular flexibility index (Phi) is 12.6. The van der Waals surface area contributed by atoms with Gasteiger partial charge in [-0.3, -0.25) is 29.0 Å². The molecule has 13 heteroatoms. The van der Waals surface area contributed by atoms with Crippen molar-refractivity contribution in [3.63, 3.8) is 0 Å². The van der Waals surface area contributed by atoms with Crippen LogP contribution in [-0.4, -0.2) is 79.4 Å². The first-order chi connectivity index (χ1) is 30.7. The van der Waals surface area contributed by atoms with E-state index in [4.69, 9.17) is 33.4 Å². The third-order valence-electron chi connectivity index (χ3n) is 12.4. The van der Waals surface area contributed by atoms with Crippen LogP contribution in [0.5, 0.6) is 0 Å². The van der Waals surface area contributed by atoms with E-state index in [0.29, 0.717) is 66.6 Å². The minimum atomic E-state index is -0.236. The summed E-state index contributed by atoms with van der Waals surface area (Å²) in [5, 5.41) is 17.6. The normalized spacial score (nSPS) is 17.4. The first kappa shape index (κ1) is 42.3. The molecular formula is C50H47Cl2N7O4. The van der Waals surface area contributed by atoms with E-state index < -0.39 is 0 Å². The number of rotatable bonds is 11. The third kappa shape index (κ3) is 9.24. The van der Waals surface area contributed by atoms with E-state index in [1.807, 2.05) is 97.1 Å². The second-order valence-corrected chi connectivity index (χ2v) is 17.4. The lowest BCUT2D eigenvalue weighted by Crippen LogP contribution is -2.42. The first-order valence-electron chi connectivity index (χ1n) is 21.6. The molecule has 63 heavy (non-hydrogen) atoms. The monoisotopic (exact) mass is 879 g/mol. The quantitative estimate of drug-likeness (QED) is 0.131. The smallest absolute Gasteiger partial charge is 0.274 e. The molecular weight excluding hydrogens is 834 g/mol. The van der Waals surface area contributed by atoms with Gasteiger partial charge in [0.05, 0.1) is 46.4 Å². The van der Waals surface area contributed by atoms with Gasteiger partial charge in [0.25, 0.3) is 22.9 Å². The van der Waals surface area contributed by atoms with E-state index >= 15 is 0 Å². The van der Waals surface area contributed by atoms with Crippen LogP contribution < -0.4 is 16.4 Å². The maximum Gasteiger partial charge on any atom is 0.274 e. The van der Waals surface area contributed by atoms with Gasteiger partial charge in [-0.2, -0.15) is 10.2 Å². The van der Waals surface area contributed by atoms with Gasteiger partial charge >= 0.3 is 0 Å². The summed E-state index contributed by atoms with van der Waals surface area (Å²) in [6, 6.07) is 38.2. The fraction of sp³-hybridized carbons (Fsp3) is 0.280. The SMILES string of the molecule is O=C1c2ccccc2C(=O)N1CCN1CCC[C@@H]1Cn1nc(Cc2ccc(Cl)cc2)c2ccccc2c1=O.O=c1c2ccccc2c(Cc2ccc(Cl)cc2)nn1C[C@H]1CCCN1. The maximum absolute atomic E-state index is 13.4. The van der Waals surface area contributed by atoms with Gasteiger partial charge in [0.1, 0.15) is 0 Å². The van der Waals surface area contributed by atoms with Crippen LogP contribution in [0, 0.1) is 0 Å². The van der Waals surface area contributed by atoms with Crippen LogP contribution in [0.1, 0.15) is 68.9 Å². The van der Waals surface area contributed by atoms with Gasteiger partial charge in [-0.15, -0.1) is 0 Å². The van der Waals surface area contributed by atoms with E-state index in [1.165, 1.54) is 4.90 Å². The second-order valence-electron chi connectivity index (χ2n) is 16.5. The highest BCUT2D eigenvalue weighted by molar-refractivity contribution is 6.30. The number of imide groups is 1. The van der Waals surface area contributed by atoms with Crippen LogP contribution in [-0.2, 0) is 25.9 Å². The van der Waals surface area contributed by atoms with E-state index in [1.54, 1.807) is 33.6 Å². The molecule has 10 rings (SSSR count). The number of aromatic nitrogens is 4. The van der Waals surface area contributed by atoms with Gasteiger partial charge < -0.3 is 5.32 Å². The first-order valence-corrected chi connectivity index (χ1v) is 22.3. The number of nitrogens with one attached hydrogen (secondary N) is 1. The van der Waals surface area contributed by atoms with Crippen molar-refractivity contribution in [2.75, 3.05) is 26.2 Å². The Balaban J connectivity index is 0.000000174. The zero-order chi connectivity index (χ0) is 43.5. The predicted octanol–water partition coefficient (Wildman–Crippen LogP) is 7.79. The topological polar surface area (TPSA) is 122 Å². The van der Waals surface area contributed by atoms with Crippen LogP contribution in [0.2, 0.25) is 10.0 Å². The molecule has 2 saturated heterocycles. The Morgan fingerprint density at radius 1 is 0.556 bits per heavy atom. The number of nitrogens with zero attached hydrogens (tertiary/aromatic N) is 6. The summed E-state index contributed by atoms with van der Waals surface area (Å²) in [6.45, 7) is 3.84. The number of likely N-dealkylation sites (tertiary alicyclic amines) is 1. The predicted molar refractivity (Wildman–Crippen MR) is 248 cm³/mol. The number of fused-ring (bicyclic) bond motifs is 3. The molecule has 2 atom stereocenters. The number of amides is 2. The van der Waals surface area contributed by atoms with E-state index in [-0.39, 0.29) is 29.0 Å². The van der Waals surface area contributed by atoms with E-state index in [0.717, 1.165) is 82.5 Å². The highest BCUT2D eigenvalue weighted by Crippen LogP contribution is 2.25. The molecule has 5 aromatic carbocycles. The molecule has 3 aliphatic rings. The second kappa shape index (κ2) is 18.8. The Morgan fingerprint density at radius 3 is 1.56 bits per heavy atom. The zero-order valence-corrected chi connectivity index (χ0v) is 36.3. The maximum atomic E-state index is 13.4. The average Bonchev–Trinajstić information content (AvgIpc) is 4.05. The lowest BCUT2D eigenvalue weighted by molar-refractivity contribution is 0.0630. The fourth-order valence-corrected chi connectivity index (χ4v) is 9.35. The van der Waals surface area contributed by atoms with Gasteiger partial charge in [-0.05, 0) is 98.4 Å². The fourth-order valence-electron chi connectivity index (χ4n) is 9.10. The molecule has 0 radical (unpaired) electrons. The average molecular weight is 881 g/mol. The number of halogens is 2. The van der Waals surface area contributed by atoms with Crippen molar-refractivity contribution in [1.82, 2.24) is 34.7 Å². The van der Waals surface area contributed by atoms with Gasteiger partial charge in [-0.1, -0.05) is 96.0 Å². The molecule has 3 aliphatic heterocycles. The highest BCUT2D eigenvalue weighted by Gasteiger charge is 2.36. The van der Waals surface area contributed by atoms with Gasteiger partial charge in [0.2, 0.25) is 0 Å². The molecule has 0 bridgehead atoms. The summed E-state index contributed by atoms with van der Waals surface area (Å²) < 4.78 is 3.23. The van der Waals surface area contributed by atoms with Crippen molar-refractivity contribution in [1.29, 1.82) is 0 Å². The third-order valence-corrected chi connectivity index (χ3v) is 12.9. The van der Waals surface area contributed by atoms with Crippen molar-refractivity contribution < 1.29 is 9.59 Å². The Bertz CT molecular complexity index is 2890. The largest absolute Gasteiger partial charge is 0.312 e. The van der Waals surface area contributed by atoms with Crippen molar-refractivity contribution in [3.05, 3.63) is 186 Å². The highest BCUT2D eigenvalue weighted by atomic mass is 35.5. The molecule has 2 amide bonds. The van der Waals surface area contributed by atoms with Gasteiger partial charge in [-0.25, -0.2) is 9.36 Å².